The van der Waals surface area contributed by atoms with Crippen molar-refractivity contribution in [2.75, 3.05) is 30.8 Å². The van der Waals surface area contributed by atoms with Crippen molar-refractivity contribution in [3.05, 3.63) is 48.0 Å². The molecular formula is C47H72N4O7S2. The number of amidine groups is 1. The molecule has 0 saturated carbocycles. The molecule has 2 unspecified atom stereocenters. The normalized spacial score (nSPS) is 17.0. The number of unbranched alkanes of at least 4 members (excludes halogenated alkanes) is 9. The van der Waals surface area contributed by atoms with Crippen LogP contribution in [0.4, 0.5) is 16.2 Å². The van der Waals surface area contributed by atoms with Gasteiger partial charge in [-0.15, -0.1) is 11.8 Å². The fraction of sp³-hybridized carbons (Fsp3) is 0.660. The minimum Gasteiger partial charge on any atom is -0.433 e. The topological polar surface area (TPSA) is 135 Å². The molecule has 11 nitrogen and oxygen atoms in total. The van der Waals surface area contributed by atoms with Crippen LogP contribution < -0.4 is 5.32 Å². The van der Waals surface area contributed by atoms with Crippen LogP contribution in [-0.4, -0.2) is 78.5 Å². The fourth-order valence-electron chi connectivity index (χ4n) is 7.55. The van der Waals surface area contributed by atoms with Crippen LogP contribution in [0.3, 0.4) is 0 Å². The standard InChI is InChI=1S/C47H72N4O7S2/c1-9-12-15-17-18-20-25-35(24-19-16-13-10-2)34-59-39-29-28-36(46(4,5)6)33-38(39)49-43(52)41(51-44(53)47(7,8)58-45(51)54)42-48-37-26-21-22-27-40(37)60(55,56)50(42)30-23-32-57-31-14-11-3/h21-22,26-29,33,35,41H,9-20,23-25,30-32,34H2,1-8H3,(H,49,52). The van der Waals surface area contributed by atoms with E-state index < -0.39 is 39.6 Å². The van der Waals surface area contributed by atoms with E-state index >= 15 is 4.79 Å². The molecule has 2 aromatic rings. The lowest BCUT2D eigenvalue weighted by molar-refractivity contribution is -0.137. The molecule has 13 heteroatoms. The lowest BCUT2D eigenvalue weighted by Gasteiger charge is -2.35. The summed E-state index contributed by atoms with van der Waals surface area (Å²) in [4.78, 5) is 49.1. The van der Waals surface area contributed by atoms with Gasteiger partial charge in [-0.1, -0.05) is 130 Å². The number of sulfonamides is 1. The van der Waals surface area contributed by atoms with Crippen molar-refractivity contribution in [2.24, 2.45) is 10.9 Å². The number of imide groups is 1. The number of thioether (sulfide) groups is 1. The van der Waals surface area contributed by atoms with Gasteiger partial charge in [0.05, 0.1) is 11.4 Å². The van der Waals surface area contributed by atoms with Crippen molar-refractivity contribution in [1.82, 2.24) is 9.21 Å². The molecule has 0 radical (unpaired) electrons. The molecule has 1 fully saturated rings. The molecule has 0 spiro atoms. The van der Waals surface area contributed by atoms with Gasteiger partial charge in [0, 0.05) is 30.4 Å². The number of ether oxygens (including phenoxy) is 2. The maximum absolute atomic E-state index is 15.1. The fourth-order valence-corrected chi connectivity index (χ4v) is 10.3. The number of hydrogen-bond acceptors (Lipinski definition) is 9. The van der Waals surface area contributed by atoms with Crippen molar-refractivity contribution in [2.45, 2.75) is 179 Å². The number of aliphatic imine (C=N–C) groups is 1. The Hall–Kier alpha value is -3.42. The summed E-state index contributed by atoms with van der Waals surface area (Å²) in [6.45, 7) is 16.4. The van der Waals surface area contributed by atoms with E-state index in [4.69, 9.17) is 14.5 Å². The molecule has 2 aliphatic rings. The van der Waals surface area contributed by atoms with Crippen molar-refractivity contribution in [3.63, 3.8) is 0 Å². The van der Waals surface area contributed by atoms with Crippen molar-refractivity contribution in [1.29, 1.82) is 0 Å². The summed E-state index contributed by atoms with van der Waals surface area (Å²) in [6, 6.07) is 10.6. The molecule has 0 bridgehead atoms. The lowest BCUT2D eigenvalue weighted by Crippen LogP contribution is -2.59. The number of para-hydroxylation sites is 1. The first kappa shape index (κ1) is 49.2. The molecule has 60 heavy (non-hydrogen) atoms. The van der Waals surface area contributed by atoms with E-state index in [0.717, 1.165) is 51.1 Å². The van der Waals surface area contributed by atoms with Gasteiger partial charge in [0.25, 0.3) is 21.8 Å². The number of benzene rings is 2. The number of cyclic esters (lactones) is 1. The molecule has 334 valence electrons. The molecule has 3 amide bonds. The summed E-state index contributed by atoms with van der Waals surface area (Å²) in [6.07, 6.45) is 15.7. The average Bonchev–Trinajstić information content (AvgIpc) is 3.40. The van der Waals surface area contributed by atoms with Gasteiger partial charge in [0.2, 0.25) is 0 Å². The van der Waals surface area contributed by atoms with Crippen molar-refractivity contribution in [3.8, 4) is 0 Å². The predicted octanol–water partition coefficient (Wildman–Crippen LogP) is 11.4. The average molecular weight is 869 g/mol. The molecule has 2 atom stereocenters. The number of amides is 3. The van der Waals surface area contributed by atoms with Gasteiger partial charge < -0.3 is 14.8 Å². The smallest absolute Gasteiger partial charge is 0.418 e. The Kier molecular flexibility index (Phi) is 19.0. The number of carbonyl (C=O) groups is 3. The molecule has 2 heterocycles. The quantitative estimate of drug-likeness (QED) is 0.0729. The van der Waals surface area contributed by atoms with E-state index in [-0.39, 0.29) is 41.4 Å². The predicted molar refractivity (Wildman–Crippen MR) is 244 cm³/mol. The van der Waals surface area contributed by atoms with E-state index in [1.807, 2.05) is 12.1 Å². The first-order valence-corrected chi connectivity index (χ1v) is 24.9. The van der Waals surface area contributed by atoms with Gasteiger partial charge in [0.1, 0.15) is 4.90 Å². The van der Waals surface area contributed by atoms with Gasteiger partial charge in [-0.05, 0) is 80.7 Å². The second-order valence-electron chi connectivity index (χ2n) is 17.8. The SMILES string of the molecule is CCCCCCCCC(CCCCCC)CSc1ccc(C(C)(C)C)cc1NC(=O)C(C1=Nc2ccccc2S(=O)(=O)N1CCCOCCCC)N1C(=O)OC(C)(C)C1=O. The van der Waals surface area contributed by atoms with E-state index in [9.17, 15) is 18.0 Å². The number of fused-ring (bicyclic) bond motifs is 1. The summed E-state index contributed by atoms with van der Waals surface area (Å²) in [7, 11) is -4.28. The number of rotatable bonds is 26. The Morgan fingerprint density at radius 3 is 2.12 bits per heavy atom. The highest BCUT2D eigenvalue weighted by Crippen LogP contribution is 2.38. The summed E-state index contributed by atoms with van der Waals surface area (Å²) in [5, 5.41) is 3.10. The first-order chi connectivity index (χ1) is 28.6. The molecule has 4 rings (SSSR count). The van der Waals surface area contributed by atoms with Crippen LogP contribution >= 0.6 is 11.8 Å². The van der Waals surface area contributed by atoms with Crippen LogP contribution in [0, 0.1) is 5.92 Å². The lowest BCUT2D eigenvalue weighted by atomic mass is 9.87. The Balaban J connectivity index is 1.74. The van der Waals surface area contributed by atoms with E-state index in [2.05, 4.69) is 52.9 Å². The maximum Gasteiger partial charge on any atom is 0.418 e. The van der Waals surface area contributed by atoms with Crippen LogP contribution in [0.15, 0.2) is 57.2 Å². The van der Waals surface area contributed by atoms with Crippen LogP contribution in [0.25, 0.3) is 0 Å². The molecule has 0 aromatic heterocycles. The molecule has 2 aliphatic heterocycles. The minimum atomic E-state index is -4.28. The largest absolute Gasteiger partial charge is 0.433 e. The van der Waals surface area contributed by atoms with Crippen molar-refractivity contribution < 1.29 is 32.3 Å². The monoisotopic (exact) mass is 868 g/mol. The molecule has 1 N–H and O–H groups in total. The van der Waals surface area contributed by atoms with Crippen LogP contribution in [0.2, 0.25) is 0 Å². The summed E-state index contributed by atoms with van der Waals surface area (Å²) >= 11 is 1.71. The van der Waals surface area contributed by atoms with Gasteiger partial charge in [0.15, 0.2) is 17.5 Å². The highest BCUT2D eigenvalue weighted by Gasteiger charge is 2.55. The summed E-state index contributed by atoms with van der Waals surface area (Å²) in [5.74, 6) is -0.407. The van der Waals surface area contributed by atoms with Gasteiger partial charge in [-0.3, -0.25) is 13.9 Å². The second kappa shape index (κ2) is 23.1. The number of hydrogen-bond donors (Lipinski definition) is 1. The molecule has 0 aliphatic carbocycles. The number of nitrogens with zero attached hydrogens (tertiary/aromatic N) is 3. The Morgan fingerprint density at radius 2 is 1.48 bits per heavy atom. The number of carbonyl (C=O) groups excluding carboxylic acids is 3. The zero-order valence-corrected chi connectivity index (χ0v) is 39.3. The highest BCUT2D eigenvalue weighted by atomic mass is 32.2. The number of anilines is 1. The van der Waals surface area contributed by atoms with Crippen molar-refractivity contribution >= 4 is 56.9 Å². The molecule has 2 aromatic carbocycles. The number of nitrogens with one attached hydrogen (secondary N) is 1. The Labute approximate surface area is 365 Å². The van der Waals surface area contributed by atoms with Crippen LogP contribution in [0.1, 0.15) is 157 Å². The summed E-state index contributed by atoms with van der Waals surface area (Å²) in [5.41, 5.74) is -0.227. The van der Waals surface area contributed by atoms with Gasteiger partial charge >= 0.3 is 6.09 Å². The third kappa shape index (κ3) is 13.3. The highest BCUT2D eigenvalue weighted by molar-refractivity contribution is 7.99. The van der Waals surface area contributed by atoms with E-state index in [0.29, 0.717) is 18.2 Å². The third-order valence-electron chi connectivity index (χ3n) is 11.2. The summed E-state index contributed by atoms with van der Waals surface area (Å²) < 4.78 is 41.2. The van der Waals surface area contributed by atoms with Gasteiger partial charge in [-0.25, -0.2) is 23.1 Å². The Morgan fingerprint density at radius 1 is 0.867 bits per heavy atom. The molecular weight excluding hydrogens is 797 g/mol. The third-order valence-corrected chi connectivity index (χ3v) is 14.4. The maximum atomic E-state index is 15.1. The van der Waals surface area contributed by atoms with Crippen LogP contribution in [0.5, 0.6) is 0 Å². The molecule has 1 saturated heterocycles. The second-order valence-corrected chi connectivity index (χ2v) is 20.7. The Bertz CT molecular complexity index is 1870. The first-order valence-electron chi connectivity index (χ1n) is 22.5. The zero-order chi connectivity index (χ0) is 43.9. The van der Waals surface area contributed by atoms with E-state index in [1.54, 1.807) is 30.0 Å². The van der Waals surface area contributed by atoms with Gasteiger partial charge in [-0.2, -0.15) is 0 Å². The zero-order valence-electron chi connectivity index (χ0n) is 37.6. The van der Waals surface area contributed by atoms with E-state index in [1.165, 1.54) is 84.1 Å². The minimum absolute atomic E-state index is 0.0303. The van der Waals surface area contributed by atoms with Crippen LogP contribution in [-0.2, 0) is 34.5 Å².